The second-order valence-corrected chi connectivity index (χ2v) is 13.5. The minimum Gasteiger partial charge on any atom is -0.493 e. The summed E-state index contributed by atoms with van der Waals surface area (Å²) >= 11 is 0. The number of amides is 2. The molecule has 11 heteroatoms. The fourth-order valence-electron chi connectivity index (χ4n) is 5.66. The molecule has 1 aromatic carbocycles. The normalized spacial score (nSPS) is 18.8. The molecule has 0 aliphatic carbocycles. The van der Waals surface area contributed by atoms with Crippen LogP contribution in [-0.2, 0) is 35.2 Å². The van der Waals surface area contributed by atoms with E-state index >= 15 is 0 Å². The van der Waals surface area contributed by atoms with Gasteiger partial charge in [-0.3, -0.25) is 14.5 Å². The number of rotatable bonds is 12. The van der Waals surface area contributed by atoms with E-state index in [1.165, 1.54) is 0 Å². The number of carbonyl (C=O) groups excluding carboxylic acids is 4. The molecular weight excluding hydrogens is 566 g/mol. The minimum absolute atomic E-state index is 0.119. The van der Waals surface area contributed by atoms with Crippen molar-refractivity contribution in [2.45, 2.75) is 110 Å². The van der Waals surface area contributed by atoms with Gasteiger partial charge in [-0.1, -0.05) is 6.07 Å². The molecule has 0 spiro atoms. The first-order valence-electron chi connectivity index (χ1n) is 15.6. The van der Waals surface area contributed by atoms with E-state index < -0.39 is 23.3 Å². The summed E-state index contributed by atoms with van der Waals surface area (Å²) in [6.07, 6.45) is 3.02. The van der Waals surface area contributed by atoms with Gasteiger partial charge in [0.25, 0.3) is 0 Å². The van der Waals surface area contributed by atoms with Gasteiger partial charge in [0.2, 0.25) is 11.8 Å². The van der Waals surface area contributed by atoms with Crippen molar-refractivity contribution in [1.29, 1.82) is 0 Å². The smallest absolute Gasteiger partial charge is 0.329 e. The summed E-state index contributed by atoms with van der Waals surface area (Å²) in [5, 5.41) is 0. The Morgan fingerprint density at radius 1 is 0.750 bits per heavy atom. The van der Waals surface area contributed by atoms with Gasteiger partial charge in [0.1, 0.15) is 23.3 Å². The molecule has 2 atom stereocenters. The lowest BCUT2D eigenvalue weighted by atomic mass is 10.1. The number of hydrogen-bond donors (Lipinski definition) is 0. The van der Waals surface area contributed by atoms with Crippen LogP contribution in [0.4, 0.5) is 0 Å². The predicted molar refractivity (Wildman–Crippen MR) is 165 cm³/mol. The van der Waals surface area contributed by atoms with Crippen LogP contribution in [0.15, 0.2) is 18.2 Å². The Hall–Kier alpha value is -3.34. The molecule has 2 aliphatic heterocycles. The average Bonchev–Trinajstić information content (AvgIpc) is 3.63. The monoisotopic (exact) mass is 617 g/mol. The molecule has 0 bridgehead atoms. The van der Waals surface area contributed by atoms with E-state index in [9.17, 15) is 19.2 Å². The lowest BCUT2D eigenvalue weighted by Gasteiger charge is -2.29. The molecule has 2 amide bonds. The van der Waals surface area contributed by atoms with Gasteiger partial charge in [-0.2, -0.15) is 0 Å². The molecule has 0 saturated carbocycles. The Morgan fingerprint density at radius 2 is 1.20 bits per heavy atom. The topological polar surface area (TPSA) is 115 Å². The van der Waals surface area contributed by atoms with Gasteiger partial charge in [0.05, 0.1) is 14.2 Å². The summed E-state index contributed by atoms with van der Waals surface area (Å²) in [5.41, 5.74) is -0.326. The predicted octanol–water partition coefficient (Wildman–Crippen LogP) is 3.95. The first-order chi connectivity index (χ1) is 20.6. The second-order valence-electron chi connectivity index (χ2n) is 13.5. The highest BCUT2D eigenvalue weighted by Crippen LogP contribution is 2.29. The van der Waals surface area contributed by atoms with Crippen molar-refractivity contribution in [3.8, 4) is 11.5 Å². The highest BCUT2D eigenvalue weighted by molar-refractivity contribution is 5.86. The molecule has 0 radical (unpaired) electrons. The van der Waals surface area contributed by atoms with Gasteiger partial charge in [-0.15, -0.1) is 0 Å². The number of nitrogens with zero attached hydrogens (tertiary/aromatic N) is 3. The highest BCUT2D eigenvalue weighted by Gasteiger charge is 2.38. The van der Waals surface area contributed by atoms with Gasteiger partial charge in [0.15, 0.2) is 11.5 Å². The van der Waals surface area contributed by atoms with Crippen LogP contribution in [0.25, 0.3) is 0 Å². The molecule has 2 saturated heterocycles. The number of carbonyl (C=O) groups is 4. The molecule has 2 heterocycles. The maximum Gasteiger partial charge on any atom is 0.329 e. The summed E-state index contributed by atoms with van der Waals surface area (Å²) in [7, 11) is 3.15. The summed E-state index contributed by atoms with van der Waals surface area (Å²) in [5.74, 6) is 0.213. The van der Waals surface area contributed by atoms with Crippen LogP contribution in [0.5, 0.6) is 11.5 Å². The Bertz CT molecular complexity index is 1110. The van der Waals surface area contributed by atoms with Crippen molar-refractivity contribution in [3.05, 3.63) is 23.8 Å². The lowest BCUT2D eigenvalue weighted by Crippen LogP contribution is -2.45. The molecular formula is C33H51N3O8. The van der Waals surface area contributed by atoms with E-state index in [1.54, 1.807) is 24.0 Å². The van der Waals surface area contributed by atoms with Crippen molar-refractivity contribution in [2.24, 2.45) is 0 Å². The number of methoxy groups -OCH3 is 2. The molecule has 0 aromatic heterocycles. The van der Waals surface area contributed by atoms with Crippen LogP contribution in [0.2, 0.25) is 0 Å². The fraction of sp³-hybridized carbons (Fsp3) is 0.697. The molecule has 3 rings (SSSR count). The summed E-state index contributed by atoms with van der Waals surface area (Å²) in [4.78, 5) is 57.7. The molecule has 246 valence electrons. The van der Waals surface area contributed by atoms with Gasteiger partial charge < -0.3 is 28.7 Å². The van der Waals surface area contributed by atoms with Crippen molar-refractivity contribution < 1.29 is 38.1 Å². The molecule has 1 aromatic rings. The van der Waals surface area contributed by atoms with Crippen LogP contribution < -0.4 is 9.47 Å². The zero-order valence-corrected chi connectivity index (χ0v) is 27.8. The highest BCUT2D eigenvalue weighted by atomic mass is 16.6. The number of benzene rings is 1. The molecule has 2 aliphatic rings. The first kappa shape index (κ1) is 35.1. The largest absolute Gasteiger partial charge is 0.493 e. The standard InChI is InChI=1S/C33H51N3O8/c1-32(2,3)43-30(39)24-11-9-17-35(24)28(37)15-19-34(22-23-13-14-26(41-7)27(21-23)42-8)20-16-29(38)36-18-10-12-25(36)31(40)44-33(4,5)6/h13-14,21,24-25H,9-12,15-20,22H2,1-8H3. The van der Waals surface area contributed by atoms with Crippen LogP contribution in [0.3, 0.4) is 0 Å². The maximum absolute atomic E-state index is 13.4. The third-order valence-corrected chi connectivity index (χ3v) is 7.64. The van der Waals surface area contributed by atoms with Crippen LogP contribution >= 0.6 is 0 Å². The Balaban J connectivity index is 1.70. The SMILES string of the molecule is COc1ccc(CN(CCC(=O)N2CCCC2C(=O)OC(C)(C)C)CCC(=O)N2CCCC2C(=O)OC(C)(C)C)cc1OC. The quantitative estimate of drug-likeness (QED) is 0.322. The molecule has 0 N–H and O–H groups in total. The third kappa shape index (κ3) is 10.1. The molecule has 44 heavy (non-hydrogen) atoms. The molecule has 2 unspecified atom stereocenters. The van der Waals surface area contributed by atoms with Gasteiger partial charge in [0, 0.05) is 45.6 Å². The van der Waals surface area contributed by atoms with E-state index in [4.69, 9.17) is 18.9 Å². The van der Waals surface area contributed by atoms with Crippen molar-refractivity contribution in [2.75, 3.05) is 40.4 Å². The lowest BCUT2D eigenvalue weighted by molar-refractivity contribution is -0.163. The number of ether oxygens (including phenoxy) is 4. The summed E-state index contributed by atoms with van der Waals surface area (Å²) < 4.78 is 22.0. The van der Waals surface area contributed by atoms with E-state index in [0.29, 0.717) is 57.1 Å². The van der Waals surface area contributed by atoms with Gasteiger partial charge >= 0.3 is 11.9 Å². The van der Waals surface area contributed by atoms with Crippen molar-refractivity contribution in [3.63, 3.8) is 0 Å². The zero-order chi connectivity index (χ0) is 32.7. The Morgan fingerprint density at radius 3 is 1.61 bits per heavy atom. The van der Waals surface area contributed by atoms with Crippen LogP contribution in [0.1, 0.15) is 85.6 Å². The summed E-state index contributed by atoms with van der Waals surface area (Å²) in [6.45, 7) is 13.2. The third-order valence-electron chi connectivity index (χ3n) is 7.64. The van der Waals surface area contributed by atoms with E-state index in [0.717, 1.165) is 18.4 Å². The van der Waals surface area contributed by atoms with Crippen LogP contribution in [-0.4, -0.2) is 102 Å². The fourth-order valence-corrected chi connectivity index (χ4v) is 5.66. The number of likely N-dealkylation sites (tertiary alicyclic amines) is 2. The average molecular weight is 618 g/mol. The molecule has 11 nitrogen and oxygen atoms in total. The number of esters is 2. The Labute approximate surface area is 262 Å². The van der Waals surface area contributed by atoms with E-state index in [1.807, 2.05) is 64.6 Å². The maximum atomic E-state index is 13.4. The summed E-state index contributed by atoms with van der Waals surface area (Å²) in [6, 6.07) is 4.47. The van der Waals surface area contributed by atoms with Gasteiger partial charge in [-0.05, 0) is 84.9 Å². The van der Waals surface area contributed by atoms with Crippen molar-refractivity contribution in [1.82, 2.24) is 14.7 Å². The van der Waals surface area contributed by atoms with Crippen molar-refractivity contribution >= 4 is 23.8 Å². The number of hydrogen-bond acceptors (Lipinski definition) is 9. The minimum atomic E-state index is -0.630. The Kier molecular flexibility index (Phi) is 12.1. The van der Waals surface area contributed by atoms with E-state index in [-0.39, 0.29) is 36.6 Å². The zero-order valence-electron chi connectivity index (χ0n) is 27.8. The second kappa shape index (κ2) is 15.1. The van der Waals surface area contributed by atoms with Gasteiger partial charge in [-0.25, -0.2) is 9.59 Å². The van der Waals surface area contributed by atoms with E-state index in [2.05, 4.69) is 0 Å². The van der Waals surface area contributed by atoms with Crippen LogP contribution in [0, 0.1) is 0 Å². The first-order valence-corrected chi connectivity index (χ1v) is 15.6. The molecule has 2 fully saturated rings.